The van der Waals surface area contributed by atoms with E-state index in [1.165, 1.54) is 12.1 Å². The largest absolute Gasteiger partial charge is 0.486 e. The normalized spacial score (nSPS) is 13.7. The van der Waals surface area contributed by atoms with Crippen LogP contribution in [-0.2, 0) is 14.6 Å². The van der Waals surface area contributed by atoms with Gasteiger partial charge in [-0.25, -0.2) is 8.42 Å². The van der Waals surface area contributed by atoms with Gasteiger partial charge in [-0.15, -0.1) is 0 Å². The summed E-state index contributed by atoms with van der Waals surface area (Å²) in [4.78, 5) is 11.7. The smallest absolute Gasteiger partial charge is 0.221 e. The van der Waals surface area contributed by atoms with Gasteiger partial charge in [-0.2, -0.15) is 0 Å². The first-order valence-corrected chi connectivity index (χ1v) is 8.77. The molecule has 1 amide bonds. The molecule has 1 aliphatic rings. The molecule has 7 nitrogen and oxygen atoms in total. The molecule has 1 aliphatic heterocycles. The third-order valence-electron chi connectivity index (χ3n) is 3.17. The van der Waals surface area contributed by atoms with Gasteiger partial charge < -0.3 is 20.5 Å². The lowest BCUT2D eigenvalue weighted by molar-refractivity contribution is -0.120. The van der Waals surface area contributed by atoms with Crippen molar-refractivity contribution in [2.75, 3.05) is 32.1 Å². The summed E-state index contributed by atoms with van der Waals surface area (Å²) in [5, 5.41) is 2.63. The van der Waals surface area contributed by atoms with E-state index in [0.717, 1.165) is 0 Å². The molecule has 0 bridgehead atoms. The molecule has 0 spiro atoms. The molecule has 22 heavy (non-hydrogen) atoms. The van der Waals surface area contributed by atoms with E-state index in [1.807, 2.05) is 0 Å². The highest BCUT2D eigenvalue weighted by Crippen LogP contribution is 2.32. The fourth-order valence-electron chi connectivity index (χ4n) is 1.98. The number of nitrogens with one attached hydrogen (secondary N) is 1. The van der Waals surface area contributed by atoms with Crippen LogP contribution >= 0.6 is 0 Å². The molecule has 3 N–H and O–H groups in total. The highest BCUT2D eigenvalue weighted by atomic mass is 32.2. The highest BCUT2D eigenvalue weighted by molar-refractivity contribution is 7.91. The number of carbonyl (C=O) groups excluding carboxylic acids is 1. The van der Waals surface area contributed by atoms with Crippen molar-refractivity contribution in [2.24, 2.45) is 5.73 Å². The Morgan fingerprint density at radius 1 is 1.23 bits per heavy atom. The van der Waals surface area contributed by atoms with Crippen LogP contribution in [0.2, 0.25) is 0 Å². The molecule has 1 aromatic carbocycles. The summed E-state index contributed by atoms with van der Waals surface area (Å²) in [6.07, 6.45) is 0.585. The summed E-state index contributed by atoms with van der Waals surface area (Å²) < 4.78 is 35.2. The third kappa shape index (κ3) is 4.35. The molecule has 0 saturated heterocycles. The van der Waals surface area contributed by atoms with Crippen LogP contribution < -0.4 is 20.5 Å². The Morgan fingerprint density at radius 3 is 2.68 bits per heavy atom. The lowest BCUT2D eigenvalue weighted by Gasteiger charge is -2.18. The van der Waals surface area contributed by atoms with Gasteiger partial charge >= 0.3 is 0 Å². The highest BCUT2D eigenvalue weighted by Gasteiger charge is 2.20. The second-order valence-electron chi connectivity index (χ2n) is 4.87. The van der Waals surface area contributed by atoms with Crippen molar-refractivity contribution in [3.05, 3.63) is 18.2 Å². The van der Waals surface area contributed by atoms with Crippen molar-refractivity contribution < 1.29 is 22.7 Å². The van der Waals surface area contributed by atoms with Crippen LogP contribution in [0.15, 0.2) is 23.1 Å². The van der Waals surface area contributed by atoms with Crippen LogP contribution in [0.3, 0.4) is 0 Å². The fraction of sp³-hybridized carbons (Fsp3) is 0.500. The summed E-state index contributed by atoms with van der Waals surface area (Å²) >= 11 is 0. The Kier molecular flexibility index (Phi) is 5.62. The van der Waals surface area contributed by atoms with E-state index in [2.05, 4.69) is 5.32 Å². The van der Waals surface area contributed by atoms with Crippen LogP contribution in [0.25, 0.3) is 0 Å². The first-order valence-electron chi connectivity index (χ1n) is 7.12. The summed E-state index contributed by atoms with van der Waals surface area (Å²) in [7, 11) is -3.54. The SMILES string of the molecule is NCCCNC(=O)CCS(=O)(=O)c1ccc2c(c1)OCCO2. The number of nitrogens with two attached hydrogens (primary N) is 1. The number of benzene rings is 1. The van der Waals surface area contributed by atoms with E-state index >= 15 is 0 Å². The lowest BCUT2D eigenvalue weighted by atomic mass is 10.3. The maximum atomic E-state index is 12.3. The molecule has 8 heteroatoms. The van der Waals surface area contributed by atoms with Crippen molar-refractivity contribution in [1.82, 2.24) is 5.32 Å². The number of hydrogen-bond donors (Lipinski definition) is 2. The number of amides is 1. The Morgan fingerprint density at radius 2 is 1.95 bits per heavy atom. The number of carbonyl (C=O) groups is 1. The number of fused-ring (bicyclic) bond motifs is 1. The van der Waals surface area contributed by atoms with Crippen LogP contribution in [0, 0.1) is 0 Å². The molecule has 1 aromatic rings. The van der Waals surface area contributed by atoms with Gasteiger partial charge in [0.05, 0.1) is 10.6 Å². The van der Waals surface area contributed by atoms with Gasteiger partial charge in [0.15, 0.2) is 21.3 Å². The first-order chi connectivity index (χ1) is 10.5. The third-order valence-corrected chi connectivity index (χ3v) is 4.89. The van der Waals surface area contributed by atoms with E-state index in [1.54, 1.807) is 6.07 Å². The standard InChI is InChI=1S/C14H20N2O5S/c15-5-1-6-16-14(17)4-9-22(18,19)11-2-3-12-13(10-11)21-8-7-20-12/h2-3,10H,1,4-9,15H2,(H,16,17). The van der Waals surface area contributed by atoms with E-state index in [0.29, 0.717) is 44.2 Å². The minimum atomic E-state index is -3.54. The quantitative estimate of drug-likeness (QED) is 0.687. The van der Waals surface area contributed by atoms with E-state index in [9.17, 15) is 13.2 Å². The minimum Gasteiger partial charge on any atom is -0.486 e. The van der Waals surface area contributed by atoms with Crippen molar-refractivity contribution in [3.63, 3.8) is 0 Å². The van der Waals surface area contributed by atoms with Crippen molar-refractivity contribution >= 4 is 15.7 Å². The van der Waals surface area contributed by atoms with Crippen molar-refractivity contribution in [3.8, 4) is 11.5 Å². The van der Waals surface area contributed by atoms with Gasteiger partial charge in [0.25, 0.3) is 0 Å². The summed E-state index contributed by atoms with van der Waals surface area (Å²) in [6.45, 7) is 1.78. The van der Waals surface area contributed by atoms with Crippen LogP contribution in [0.1, 0.15) is 12.8 Å². The summed E-state index contributed by atoms with van der Waals surface area (Å²) in [6, 6.07) is 4.48. The Bertz CT molecular complexity index is 630. The second-order valence-corrected chi connectivity index (χ2v) is 6.98. The molecule has 1 heterocycles. The molecule has 0 fully saturated rings. The van der Waals surface area contributed by atoms with Gasteiger partial charge in [-0.1, -0.05) is 0 Å². The molecule has 0 aromatic heterocycles. The predicted octanol–water partition coefficient (Wildman–Crippen LogP) is 0.0866. The Hall–Kier alpha value is -1.80. The molecule has 0 radical (unpaired) electrons. The van der Waals surface area contributed by atoms with Crippen molar-refractivity contribution in [1.29, 1.82) is 0 Å². The van der Waals surface area contributed by atoms with Crippen LogP contribution in [0.4, 0.5) is 0 Å². The zero-order valence-electron chi connectivity index (χ0n) is 12.2. The van der Waals surface area contributed by atoms with Gasteiger partial charge in [0, 0.05) is 19.0 Å². The van der Waals surface area contributed by atoms with Gasteiger partial charge in [-0.3, -0.25) is 4.79 Å². The average Bonchev–Trinajstić information content (AvgIpc) is 2.53. The number of hydrogen-bond acceptors (Lipinski definition) is 6. The fourth-order valence-corrected chi connectivity index (χ4v) is 3.23. The van der Waals surface area contributed by atoms with Gasteiger partial charge in [0.1, 0.15) is 13.2 Å². The predicted molar refractivity (Wildman–Crippen MR) is 80.8 cm³/mol. The first kappa shape index (κ1) is 16.6. The van der Waals surface area contributed by atoms with Gasteiger partial charge in [-0.05, 0) is 25.1 Å². The molecule has 0 aliphatic carbocycles. The molecular weight excluding hydrogens is 308 g/mol. The van der Waals surface area contributed by atoms with E-state index < -0.39 is 9.84 Å². The monoisotopic (exact) mass is 328 g/mol. The molecule has 0 saturated carbocycles. The Balaban J connectivity index is 1.97. The Labute approximate surface area is 129 Å². The molecule has 0 atom stereocenters. The molecular formula is C14H20N2O5S. The number of ether oxygens (including phenoxy) is 2. The lowest BCUT2D eigenvalue weighted by Crippen LogP contribution is -2.27. The number of sulfone groups is 1. The van der Waals surface area contributed by atoms with E-state index in [-0.39, 0.29) is 23.0 Å². The minimum absolute atomic E-state index is 0.0820. The summed E-state index contributed by atoms with van der Waals surface area (Å²) in [5.74, 6) is 0.403. The average molecular weight is 328 g/mol. The van der Waals surface area contributed by atoms with E-state index in [4.69, 9.17) is 15.2 Å². The molecule has 0 unspecified atom stereocenters. The molecule has 2 rings (SSSR count). The maximum absolute atomic E-state index is 12.3. The van der Waals surface area contributed by atoms with Crippen LogP contribution in [-0.4, -0.2) is 46.4 Å². The topological polar surface area (TPSA) is 108 Å². The maximum Gasteiger partial charge on any atom is 0.221 e. The second kappa shape index (κ2) is 7.46. The van der Waals surface area contributed by atoms with Crippen molar-refractivity contribution in [2.45, 2.75) is 17.7 Å². The zero-order chi connectivity index (χ0) is 16.0. The van der Waals surface area contributed by atoms with Gasteiger partial charge in [0.2, 0.25) is 5.91 Å². The molecule has 122 valence electrons. The summed E-state index contributed by atoms with van der Waals surface area (Å²) in [5.41, 5.74) is 5.32. The zero-order valence-corrected chi connectivity index (χ0v) is 13.0. The van der Waals surface area contributed by atoms with Crippen LogP contribution in [0.5, 0.6) is 11.5 Å². The number of rotatable bonds is 7.